The summed E-state index contributed by atoms with van der Waals surface area (Å²) in [6, 6.07) is 5.88. The number of Topliss-reactive ketones (excluding diaryl/α,β-unsaturated/α-hetero) is 1. The molecule has 0 saturated carbocycles. The molecular weight excluding hydrogens is 462 g/mol. The minimum Gasteiger partial charge on any atom is -0.496 e. The van der Waals surface area contributed by atoms with Gasteiger partial charge in [-0.25, -0.2) is 4.98 Å². The molecule has 1 saturated heterocycles. The summed E-state index contributed by atoms with van der Waals surface area (Å²) < 4.78 is 13.2. The Morgan fingerprint density at radius 2 is 2.00 bits per heavy atom. The van der Waals surface area contributed by atoms with Crippen LogP contribution in [0.1, 0.15) is 54.4 Å². The number of hydrogen-bond donors (Lipinski definition) is 0. The van der Waals surface area contributed by atoms with Gasteiger partial charge in [-0.05, 0) is 63.6 Å². The molecule has 0 bridgehead atoms. The van der Waals surface area contributed by atoms with Gasteiger partial charge in [0.05, 0.1) is 30.5 Å². The van der Waals surface area contributed by atoms with Gasteiger partial charge in [-0.15, -0.1) is 11.3 Å². The molecule has 8 heteroatoms. The summed E-state index contributed by atoms with van der Waals surface area (Å²) in [7, 11) is 1.66. The summed E-state index contributed by atoms with van der Waals surface area (Å²) in [5, 5.41) is 3.11. The Bertz CT molecular complexity index is 1320. The first kappa shape index (κ1) is 23.8. The van der Waals surface area contributed by atoms with Gasteiger partial charge in [-0.3, -0.25) is 14.3 Å². The normalized spacial score (nSPS) is 15.7. The van der Waals surface area contributed by atoms with Crippen molar-refractivity contribution in [3.05, 3.63) is 56.8 Å². The number of thiazole rings is 1. The van der Waals surface area contributed by atoms with Crippen molar-refractivity contribution >= 4 is 17.1 Å². The molecule has 0 aliphatic carbocycles. The number of nitrogens with zero attached hydrogens (tertiary/aromatic N) is 3. The van der Waals surface area contributed by atoms with Gasteiger partial charge in [0.15, 0.2) is 11.2 Å². The smallest absolute Gasteiger partial charge is 0.193 e. The predicted octanol–water partition coefficient (Wildman–Crippen LogP) is 4.68. The first-order valence-corrected chi connectivity index (χ1v) is 13.0. The predicted molar refractivity (Wildman–Crippen MR) is 138 cm³/mol. The molecule has 3 aromatic rings. The largest absolute Gasteiger partial charge is 0.496 e. The Morgan fingerprint density at radius 1 is 1.23 bits per heavy atom. The first-order valence-electron chi connectivity index (χ1n) is 12.1. The second-order valence-electron chi connectivity index (χ2n) is 9.63. The van der Waals surface area contributed by atoms with Crippen molar-refractivity contribution < 1.29 is 14.3 Å². The van der Waals surface area contributed by atoms with E-state index in [2.05, 4.69) is 24.9 Å². The van der Waals surface area contributed by atoms with Gasteiger partial charge in [-0.2, -0.15) is 0 Å². The van der Waals surface area contributed by atoms with Crippen LogP contribution in [0.2, 0.25) is 0 Å². The fraction of sp³-hybridized carbons (Fsp3) is 0.444. The van der Waals surface area contributed by atoms with Crippen molar-refractivity contribution in [2.24, 2.45) is 5.92 Å². The van der Waals surface area contributed by atoms with Crippen LogP contribution < -0.4 is 15.2 Å². The third-order valence-electron chi connectivity index (χ3n) is 6.93. The Hall–Kier alpha value is -2.97. The molecule has 0 spiro atoms. The Morgan fingerprint density at radius 3 is 2.69 bits per heavy atom. The Kier molecular flexibility index (Phi) is 6.51. The van der Waals surface area contributed by atoms with Crippen LogP contribution in [0.4, 0.5) is 0 Å². The van der Waals surface area contributed by atoms with E-state index in [-0.39, 0.29) is 22.8 Å². The topological polar surface area (TPSA) is 73.7 Å². The van der Waals surface area contributed by atoms with Crippen molar-refractivity contribution in [2.75, 3.05) is 25.3 Å². The molecule has 184 valence electrons. The molecule has 7 nitrogen and oxygen atoms in total. The zero-order valence-corrected chi connectivity index (χ0v) is 21.5. The summed E-state index contributed by atoms with van der Waals surface area (Å²) in [6.07, 6.45) is 6.90. The SMILES string of the molecule is COc1cc2c(cc1-c1ncc(CC3CCOCC3)s1)CN(C(C)C)n1cc(C(C)=O)c(=O)cc1-2. The van der Waals surface area contributed by atoms with E-state index in [1.807, 2.05) is 16.9 Å². The van der Waals surface area contributed by atoms with Crippen LogP contribution in [0.25, 0.3) is 21.8 Å². The van der Waals surface area contributed by atoms with Crippen molar-refractivity contribution in [2.45, 2.75) is 52.6 Å². The molecule has 35 heavy (non-hydrogen) atoms. The number of carbonyl (C=O) groups is 1. The zero-order chi connectivity index (χ0) is 24.7. The lowest BCUT2D eigenvalue weighted by Crippen LogP contribution is -2.44. The molecular formula is C27H31N3O4S. The zero-order valence-electron chi connectivity index (χ0n) is 20.7. The van der Waals surface area contributed by atoms with Gasteiger partial charge in [0.25, 0.3) is 0 Å². The third-order valence-corrected chi connectivity index (χ3v) is 7.98. The second-order valence-corrected chi connectivity index (χ2v) is 10.7. The first-order chi connectivity index (χ1) is 16.9. The average molecular weight is 494 g/mol. The Labute approximate surface area is 209 Å². The number of aromatic nitrogens is 2. The van der Waals surface area contributed by atoms with E-state index in [0.29, 0.717) is 12.5 Å². The van der Waals surface area contributed by atoms with Crippen molar-refractivity contribution in [3.63, 3.8) is 0 Å². The van der Waals surface area contributed by atoms with Gasteiger partial charge < -0.3 is 14.5 Å². The van der Waals surface area contributed by atoms with E-state index in [0.717, 1.165) is 65.6 Å². The Balaban J connectivity index is 1.56. The van der Waals surface area contributed by atoms with Crippen LogP contribution in [-0.4, -0.2) is 41.8 Å². The maximum absolute atomic E-state index is 12.7. The number of ketones is 1. The summed E-state index contributed by atoms with van der Waals surface area (Å²) in [4.78, 5) is 30.8. The minimum atomic E-state index is -0.263. The van der Waals surface area contributed by atoms with E-state index < -0.39 is 0 Å². The highest BCUT2D eigenvalue weighted by molar-refractivity contribution is 7.15. The fourth-order valence-corrected chi connectivity index (χ4v) is 6.02. The summed E-state index contributed by atoms with van der Waals surface area (Å²) in [6.45, 7) is 7.99. The molecule has 0 atom stereocenters. The number of fused-ring (bicyclic) bond motifs is 3. The molecule has 5 rings (SSSR count). The van der Waals surface area contributed by atoms with Crippen LogP contribution in [0.5, 0.6) is 5.75 Å². The molecule has 2 aliphatic rings. The highest BCUT2D eigenvalue weighted by Crippen LogP contribution is 2.41. The molecule has 1 aromatic carbocycles. The molecule has 0 radical (unpaired) electrons. The number of ether oxygens (including phenoxy) is 2. The quantitative estimate of drug-likeness (QED) is 0.464. The van der Waals surface area contributed by atoms with Gasteiger partial charge in [0.2, 0.25) is 0 Å². The molecule has 2 aliphatic heterocycles. The summed E-state index contributed by atoms with van der Waals surface area (Å²) in [5.41, 5.74) is 3.71. The lowest BCUT2D eigenvalue weighted by molar-refractivity contribution is 0.0667. The highest BCUT2D eigenvalue weighted by Gasteiger charge is 2.27. The lowest BCUT2D eigenvalue weighted by atomic mass is 9.96. The van der Waals surface area contributed by atoms with Gasteiger partial charge in [0, 0.05) is 48.2 Å². The van der Waals surface area contributed by atoms with E-state index in [1.165, 1.54) is 11.8 Å². The van der Waals surface area contributed by atoms with Crippen LogP contribution in [0.3, 0.4) is 0 Å². The van der Waals surface area contributed by atoms with E-state index in [9.17, 15) is 9.59 Å². The monoisotopic (exact) mass is 493 g/mol. The van der Waals surface area contributed by atoms with E-state index in [4.69, 9.17) is 14.5 Å². The number of benzene rings is 1. The molecule has 1 fully saturated rings. The maximum Gasteiger partial charge on any atom is 0.193 e. The molecule has 4 heterocycles. The summed E-state index contributed by atoms with van der Waals surface area (Å²) >= 11 is 1.72. The van der Waals surface area contributed by atoms with Crippen LogP contribution >= 0.6 is 11.3 Å². The molecule has 0 unspecified atom stereocenters. The summed E-state index contributed by atoms with van der Waals surface area (Å²) in [5.74, 6) is 1.15. The average Bonchev–Trinajstić information content (AvgIpc) is 3.30. The van der Waals surface area contributed by atoms with Gasteiger partial charge in [0.1, 0.15) is 10.8 Å². The van der Waals surface area contributed by atoms with Gasteiger partial charge >= 0.3 is 0 Å². The van der Waals surface area contributed by atoms with E-state index in [1.54, 1.807) is 30.7 Å². The lowest BCUT2D eigenvalue weighted by Gasteiger charge is -2.38. The molecule has 2 aromatic heterocycles. The number of hydrogen-bond acceptors (Lipinski definition) is 7. The van der Waals surface area contributed by atoms with Crippen LogP contribution in [0.15, 0.2) is 35.4 Å². The van der Waals surface area contributed by atoms with Gasteiger partial charge in [-0.1, -0.05) is 0 Å². The number of rotatable bonds is 6. The number of methoxy groups -OCH3 is 1. The fourth-order valence-electron chi connectivity index (χ4n) is 4.98. The third kappa shape index (κ3) is 4.52. The minimum absolute atomic E-state index is 0.167. The molecule has 0 N–H and O–H groups in total. The number of pyridine rings is 1. The number of carbonyl (C=O) groups excluding carboxylic acids is 1. The van der Waals surface area contributed by atoms with Crippen LogP contribution in [0, 0.1) is 5.92 Å². The highest BCUT2D eigenvalue weighted by atomic mass is 32.1. The van der Waals surface area contributed by atoms with Crippen molar-refractivity contribution in [1.29, 1.82) is 0 Å². The maximum atomic E-state index is 12.7. The van der Waals surface area contributed by atoms with Crippen molar-refractivity contribution in [1.82, 2.24) is 9.66 Å². The van der Waals surface area contributed by atoms with Crippen LogP contribution in [-0.2, 0) is 17.7 Å². The van der Waals surface area contributed by atoms with E-state index >= 15 is 0 Å². The second kappa shape index (κ2) is 9.59. The van der Waals surface area contributed by atoms with Crippen molar-refractivity contribution in [3.8, 4) is 27.6 Å². The molecule has 0 amide bonds. The standard InChI is InChI=1S/C27H31N3O4S/c1-16(2)29-14-19-10-22(27-28-13-20(35-27)9-18-5-7-34-8-6-18)26(33-4)11-21(19)24-12-25(32)23(17(3)31)15-30(24)29/h10-13,15-16,18H,5-9,14H2,1-4H3.